The van der Waals surface area contributed by atoms with Crippen molar-refractivity contribution in [1.82, 2.24) is 4.90 Å². The van der Waals surface area contributed by atoms with Crippen LogP contribution in [0.2, 0.25) is 0 Å². The van der Waals surface area contributed by atoms with E-state index in [0.717, 1.165) is 37.6 Å². The van der Waals surface area contributed by atoms with Crippen LogP contribution in [0.15, 0.2) is 63.8 Å². The molecule has 0 saturated carbocycles. The van der Waals surface area contributed by atoms with Crippen LogP contribution >= 0.6 is 0 Å². The topological polar surface area (TPSA) is 113 Å². The molecule has 36 heavy (non-hydrogen) atoms. The Morgan fingerprint density at radius 1 is 1.00 bits per heavy atom. The number of aromatic hydroxyl groups is 2. The van der Waals surface area contributed by atoms with Gasteiger partial charge in [0.15, 0.2) is 5.76 Å². The molecule has 1 aliphatic rings. The molecule has 1 aliphatic heterocycles. The van der Waals surface area contributed by atoms with Crippen molar-refractivity contribution in [3.63, 3.8) is 0 Å². The highest BCUT2D eigenvalue weighted by molar-refractivity contribution is 5.71. The van der Waals surface area contributed by atoms with Crippen LogP contribution in [-0.2, 0) is 16.1 Å². The molecule has 1 saturated heterocycles. The van der Waals surface area contributed by atoms with Crippen molar-refractivity contribution in [3.8, 4) is 17.2 Å². The van der Waals surface area contributed by atoms with E-state index >= 15 is 0 Å². The number of nitrogens with zero attached hydrogens (tertiary/aromatic N) is 2. The third kappa shape index (κ3) is 5.80. The van der Waals surface area contributed by atoms with Crippen molar-refractivity contribution in [2.75, 3.05) is 45.3 Å². The maximum atomic E-state index is 12.6. The van der Waals surface area contributed by atoms with E-state index in [9.17, 15) is 19.8 Å². The number of hydrogen-bond donors (Lipinski definition) is 2. The predicted molar refractivity (Wildman–Crippen MR) is 134 cm³/mol. The number of hydrogen-bond acceptors (Lipinski definition) is 9. The van der Waals surface area contributed by atoms with Crippen LogP contribution in [0.3, 0.4) is 0 Å². The molecule has 1 fully saturated rings. The minimum atomic E-state index is -0.752. The van der Waals surface area contributed by atoms with Crippen molar-refractivity contribution in [1.29, 1.82) is 0 Å². The first-order chi connectivity index (χ1) is 17.4. The molecule has 190 valence electrons. The summed E-state index contributed by atoms with van der Waals surface area (Å²) in [4.78, 5) is 29.2. The van der Waals surface area contributed by atoms with E-state index in [1.807, 2.05) is 24.3 Å². The first-order valence-electron chi connectivity index (χ1n) is 11.7. The van der Waals surface area contributed by atoms with Gasteiger partial charge in [-0.2, -0.15) is 0 Å². The summed E-state index contributed by atoms with van der Waals surface area (Å²) in [5.74, 6) is -0.528. The monoisotopic (exact) mass is 494 g/mol. The summed E-state index contributed by atoms with van der Waals surface area (Å²) in [5, 5.41) is 20.2. The van der Waals surface area contributed by atoms with E-state index in [2.05, 4.69) is 9.80 Å². The Morgan fingerprint density at radius 2 is 1.67 bits per heavy atom. The van der Waals surface area contributed by atoms with Crippen molar-refractivity contribution < 1.29 is 28.9 Å². The largest absolute Gasteiger partial charge is 0.508 e. The molecule has 2 aromatic carbocycles. The second-order valence-corrected chi connectivity index (χ2v) is 8.68. The Morgan fingerprint density at radius 3 is 2.28 bits per heavy atom. The highest BCUT2D eigenvalue weighted by Gasteiger charge is 2.27. The van der Waals surface area contributed by atoms with E-state index in [1.54, 1.807) is 19.2 Å². The maximum absolute atomic E-state index is 12.6. The van der Waals surface area contributed by atoms with Gasteiger partial charge in [0.2, 0.25) is 11.2 Å². The summed E-state index contributed by atoms with van der Waals surface area (Å²) in [6.45, 7) is 3.52. The van der Waals surface area contributed by atoms with Gasteiger partial charge in [0.1, 0.15) is 17.3 Å². The molecule has 2 heterocycles. The number of phenols is 1. The minimum absolute atomic E-state index is 0.00505. The van der Waals surface area contributed by atoms with Crippen LogP contribution in [0, 0.1) is 0 Å². The fourth-order valence-corrected chi connectivity index (χ4v) is 4.37. The molecule has 9 nitrogen and oxygen atoms in total. The number of carbonyl (C=O) groups is 1. The lowest BCUT2D eigenvalue weighted by atomic mass is 9.92. The number of piperazine rings is 1. The molecule has 0 spiro atoms. The summed E-state index contributed by atoms with van der Waals surface area (Å²) < 4.78 is 16.1. The number of esters is 1. The number of phenolic OH excluding ortho intramolecular Hbond substituents is 1. The molecule has 1 atom stereocenters. The molecule has 0 unspecified atom stereocenters. The number of anilines is 1. The lowest BCUT2D eigenvalue weighted by molar-refractivity contribution is -0.140. The molecule has 0 radical (unpaired) electrons. The predicted octanol–water partition coefficient (Wildman–Crippen LogP) is 3.08. The fourth-order valence-electron chi connectivity index (χ4n) is 4.37. The summed E-state index contributed by atoms with van der Waals surface area (Å²) in [5.41, 5.74) is 1.15. The summed E-state index contributed by atoms with van der Waals surface area (Å²) in [6, 6.07) is 15.4. The van der Waals surface area contributed by atoms with E-state index in [4.69, 9.17) is 13.9 Å². The number of ether oxygens (including phenoxy) is 2. The van der Waals surface area contributed by atoms with Crippen LogP contribution in [0.25, 0.3) is 0 Å². The first kappa shape index (κ1) is 25.1. The summed E-state index contributed by atoms with van der Waals surface area (Å²) in [6.07, 6.45) is -0.137. The Labute approximate surface area is 209 Å². The molecule has 0 amide bonds. The molecule has 0 aliphatic carbocycles. The van der Waals surface area contributed by atoms with Gasteiger partial charge in [-0.3, -0.25) is 14.5 Å². The van der Waals surface area contributed by atoms with E-state index in [-0.39, 0.29) is 17.9 Å². The zero-order chi connectivity index (χ0) is 25.7. The zero-order valence-electron chi connectivity index (χ0n) is 20.3. The number of carbonyl (C=O) groups excluding carboxylic acids is 1. The third-order valence-corrected chi connectivity index (χ3v) is 6.40. The van der Waals surface area contributed by atoms with Gasteiger partial charge >= 0.3 is 5.97 Å². The standard InChI is InChI=1S/C27H30N2O7/c1-34-21-9-5-19(6-10-21)29-13-11-28(12-14-29)17-22-15-24(31)26(33)27(36-22)23(16-25(32)35-2)18-3-7-20(30)8-4-18/h3-10,15,23,30,33H,11-14,16-17H2,1-2H3/t23-/m1/s1. The van der Waals surface area contributed by atoms with Crippen LogP contribution in [0.4, 0.5) is 5.69 Å². The Kier molecular flexibility index (Phi) is 7.80. The normalized spacial score (nSPS) is 14.9. The van der Waals surface area contributed by atoms with Gasteiger partial charge in [-0.15, -0.1) is 0 Å². The third-order valence-electron chi connectivity index (χ3n) is 6.40. The molecule has 2 N–H and O–H groups in total. The van der Waals surface area contributed by atoms with Gasteiger partial charge < -0.3 is 29.0 Å². The molecule has 3 aromatic rings. The molecular weight excluding hydrogens is 464 g/mol. The summed E-state index contributed by atoms with van der Waals surface area (Å²) in [7, 11) is 2.91. The smallest absolute Gasteiger partial charge is 0.306 e. The van der Waals surface area contributed by atoms with Crippen LogP contribution < -0.4 is 15.1 Å². The Hall–Kier alpha value is -3.98. The van der Waals surface area contributed by atoms with Gasteiger partial charge in [-0.05, 0) is 42.0 Å². The zero-order valence-corrected chi connectivity index (χ0v) is 20.3. The average Bonchev–Trinajstić information content (AvgIpc) is 2.90. The highest BCUT2D eigenvalue weighted by Crippen LogP contribution is 2.34. The second-order valence-electron chi connectivity index (χ2n) is 8.68. The van der Waals surface area contributed by atoms with Gasteiger partial charge in [0.25, 0.3) is 0 Å². The maximum Gasteiger partial charge on any atom is 0.306 e. The average molecular weight is 495 g/mol. The molecule has 4 rings (SSSR count). The van der Waals surface area contributed by atoms with Gasteiger partial charge in [-0.25, -0.2) is 0 Å². The van der Waals surface area contributed by atoms with Crippen LogP contribution in [0.1, 0.15) is 29.4 Å². The van der Waals surface area contributed by atoms with E-state index in [1.165, 1.54) is 25.3 Å². The molecule has 1 aromatic heterocycles. The summed E-state index contributed by atoms with van der Waals surface area (Å²) >= 11 is 0. The van der Waals surface area contributed by atoms with Crippen molar-refractivity contribution >= 4 is 11.7 Å². The van der Waals surface area contributed by atoms with Gasteiger partial charge in [0, 0.05) is 37.9 Å². The molecule has 9 heteroatoms. The SMILES string of the molecule is COC(=O)C[C@H](c1ccc(O)cc1)c1oc(CN2CCN(c3ccc(OC)cc3)CC2)cc(=O)c1O. The van der Waals surface area contributed by atoms with Gasteiger partial charge in [-0.1, -0.05) is 12.1 Å². The second kappa shape index (κ2) is 11.2. The number of rotatable bonds is 8. The first-order valence-corrected chi connectivity index (χ1v) is 11.7. The van der Waals surface area contributed by atoms with Crippen LogP contribution in [-0.4, -0.2) is 61.5 Å². The van der Waals surface area contributed by atoms with Crippen molar-refractivity contribution in [2.45, 2.75) is 18.9 Å². The lowest BCUT2D eigenvalue weighted by Crippen LogP contribution is -2.46. The highest BCUT2D eigenvalue weighted by atomic mass is 16.5. The van der Waals surface area contributed by atoms with Gasteiger partial charge in [0.05, 0.1) is 33.1 Å². The Bertz CT molecular complexity index is 1230. The number of benzene rings is 2. The molecular formula is C27H30N2O7. The van der Waals surface area contributed by atoms with Crippen molar-refractivity contribution in [3.05, 3.63) is 81.9 Å². The van der Waals surface area contributed by atoms with E-state index < -0.39 is 23.1 Å². The van der Waals surface area contributed by atoms with E-state index in [0.29, 0.717) is 17.9 Å². The lowest BCUT2D eigenvalue weighted by Gasteiger charge is -2.36. The number of methoxy groups -OCH3 is 2. The molecule has 0 bridgehead atoms. The van der Waals surface area contributed by atoms with Crippen LogP contribution in [0.5, 0.6) is 17.2 Å². The Balaban J connectivity index is 1.52. The van der Waals surface area contributed by atoms with Crippen molar-refractivity contribution in [2.24, 2.45) is 0 Å². The minimum Gasteiger partial charge on any atom is -0.508 e. The fraction of sp³-hybridized carbons (Fsp3) is 0.333. The quantitative estimate of drug-likeness (QED) is 0.456.